The van der Waals surface area contributed by atoms with Gasteiger partial charge in [0, 0.05) is 0 Å². The van der Waals surface area contributed by atoms with Gasteiger partial charge in [-0.15, -0.1) is 0 Å². The highest BCUT2D eigenvalue weighted by atomic mass is 16.5. The normalized spacial score (nSPS) is 11.6. The third-order valence-electron chi connectivity index (χ3n) is 2.95. The van der Waals surface area contributed by atoms with E-state index in [-0.39, 0.29) is 0 Å². The van der Waals surface area contributed by atoms with Crippen molar-refractivity contribution in [1.82, 2.24) is 0 Å². The first kappa shape index (κ1) is 15.3. The van der Waals surface area contributed by atoms with E-state index in [0.29, 0.717) is 5.56 Å². The fourth-order valence-electron chi connectivity index (χ4n) is 1.78. The molecule has 0 aliphatic rings. The van der Waals surface area contributed by atoms with Gasteiger partial charge in [0.1, 0.15) is 11.8 Å². The summed E-state index contributed by atoms with van der Waals surface area (Å²) in [5, 5.41) is 9.08. The molecule has 4 heteroatoms. The summed E-state index contributed by atoms with van der Waals surface area (Å²) in [6.45, 7) is 0. The van der Waals surface area contributed by atoms with Gasteiger partial charge in [0.15, 0.2) is 0 Å². The molecular formula is C18H15NO3. The Kier molecular flexibility index (Phi) is 5.33. The van der Waals surface area contributed by atoms with Gasteiger partial charge in [-0.25, -0.2) is 4.79 Å². The molecule has 0 aliphatic heterocycles. The maximum absolute atomic E-state index is 11.9. The molecule has 110 valence electrons. The number of nitrogens with zero attached hydrogens (tertiary/aromatic N) is 1. The first-order chi connectivity index (χ1) is 10.7. The van der Waals surface area contributed by atoms with E-state index in [9.17, 15) is 4.79 Å². The number of carbonyl (C=O) groups is 1. The van der Waals surface area contributed by atoms with Crippen LogP contribution in [0.2, 0.25) is 0 Å². The highest BCUT2D eigenvalue weighted by Crippen LogP contribution is 2.13. The lowest BCUT2D eigenvalue weighted by Gasteiger charge is -2.07. The van der Waals surface area contributed by atoms with E-state index in [1.54, 1.807) is 43.5 Å². The Morgan fingerprint density at radius 2 is 1.82 bits per heavy atom. The van der Waals surface area contributed by atoms with E-state index >= 15 is 0 Å². The number of benzene rings is 2. The maximum Gasteiger partial charge on any atom is 0.339 e. The smallest absolute Gasteiger partial charge is 0.339 e. The van der Waals surface area contributed by atoms with Gasteiger partial charge >= 0.3 is 5.97 Å². The van der Waals surface area contributed by atoms with E-state index in [1.165, 1.54) is 0 Å². The molecule has 0 saturated heterocycles. The molecule has 22 heavy (non-hydrogen) atoms. The minimum atomic E-state index is -0.935. The number of methoxy groups -OCH3 is 1. The van der Waals surface area contributed by atoms with Gasteiger partial charge in [-0.2, -0.15) is 5.26 Å². The van der Waals surface area contributed by atoms with Crippen molar-refractivity contribution in [2.24, 2.45) is 0 Å². The highest BCUT2D eigenvalue weighted by Gasteiger charge is 2.12. The number of esters is 1. The molecule has 0 aromatic heterocycles. The van der Waals surface area contributed by atoms with Crippen molar-refractivity contribution in [3.63, 3.8) is 0 Å². The Bertz CT molecular complexity index is 685. The Labute approximate surface area is 129 Å². The zero-order chi connectivity index (χ0) is 15.8. The molecular weight excluding hydrogens is 278 g/mol. The van der Waals surface area contributed by atoms with Crippen LogP contribution in [0.1, 0.15) is 15.9 Å². The zero-order valence-electron chi connectivity index (χ0n) is 12.1. The Morgan fingerprint density at radius 1 is 1.14 bits per heavy atom. The van der Waals surface area contributed by atoms with Crippen LogP contribution in [-0.4, -0.2) is 19.2 Å². The van der Waals surface area contributed by atoms with Crippen LogP contribution in [0.15, 0.2) is 60.7 Å². The largest absolute Gasteiger partial charge is 0.497 e. The summed E-state index contributed by atoms with van der Waals surface area (Å²) in [7, 11) is 1.60. The Morgan fingerprint density at radius 3 is 2.41 bits per heavy atom. The van der Waals surface area contributed by atoms with Crippen LogP contribution in [0.5, 0.6) is 5.75 Å². The van der Waals surface area contributed by atoms with Crippen molar-refractivity contribution in [1.29, 1.82) is 5.26 Å². The van der Waals surface area contributed by atoms with Gasteiger partial charge in [-0.3, -0.25) is 0 Å². The lowest BCUT2D eigenvalue weighted by atomic mass is 10.2. The van der Waals surface area contributed by atoms with E-state index < -0.39 is 12.1 Å². The average Bonchev–Trinajstić information content (AvgIpc) is 2.59. The van der Waals surface area contributed by atoms with Gasteiger partial charge in [0.25, 0.3) is 0 Å². The molecule has 1 atom stereocenters. The van der Waals surface area contributed by atoms with Crippen LogP contribution in [-0.2, 0) is 4.74 Å². The maximum atomic E-state index is 11.9. The molecule has 2 rings (SSSR count). The van der Waals surface area contributed by atoms with Gasteiger partial charge in [0.05, 0.1) is 12.7 Å². The summed E-state index contributed by atoms with van der Waals surface area (Å²) >= 11 is 0. The molecule has 1 unspecified atom stereocenters. The first-order valence-corrected chi connectivity index (χ1v) is 6.71. The highest BCUT2D eigenvalue weighted by molar-refractivity contribution is 5.89. The number of hydrogen-bond acceptors (Lipinski definition) is 4. The van der Waals surface area contributed by atoms with Gasteiger partial charge < -0.3 is 9.47 Å². The van der Waals surface area contributed by atoms with Crippen LogP contribution in [0, 0.1) is 11.3 Å². The van der Waals surface area contributed by atoms with Crippen molar-refractivity contribution in [2.75, 3.05) is 7.11 Å². The number of ether oxygens (including phenoxy) is 2. The van der Waals surface area contributed by atoms with Crippen molar-refractivity contribution in [3.8, 4) is 11.8 Å². The third kappa shape index (κ3) is 4.22. The monoisotopic (exact) mass is 293 g/mol. The van der Waals surface area contributed by atoms with E-state index in [2.05, 4.69) is 0 Å². The molecule has 0 amide bonds. The molecule has 0 N–H and O–H groups in total. The predicted octanol–water partition coefficient (Wildman–Crippen LogP) is 3.46. The quantitative estimate of drug-likeness (QED) is 0.792. The lowest BCUT2D eigenvalue weighted by Crippen LogP contribution is -2.14. The van der Waals surface area contributed by atoms with Gasteiger partial charge in [0.2, 0.25) is 6.10 Å². The van der Waals surface area contributed by atoms with E-state index in [4.69, 9.17) is 14.7 Å². The minimum absolute atomic E-state index is 0.417. The fraction of sp³-hybridized carbons (Fsp3) is 0.111. The van der Waals surface area contributed by atoms with Crippen LogP contribution >= 0.6 is 0 Å². The molecule has 2 aromatic rings. The van der Waals surface area contributed by atoms with E-state index in [0.717, 1.165) is 11.3 Å². The topological polar surface area (TPSA) is 59.3 Å². The molecule has 0 fully saturated rings. The van der Waals surface area contributed by atoms with Crippen LogP contribution in [0.4, 0.5) is 0 Å². The average molecular weight is 293 g/mol. The van der Waals surface area contributed by atoms with E-state index in [1.807, 2.05) is 36.4 Å². The standard InChI is InChI=1S/C18H15NO3/c1-21-16-10-7-14(8-11-16)9-12-17(13-19)22-18(20)15-5-3-2-4-6-15/h2-12,17H,1H3. The second kappa shape index (κ2) is 7.65. The second-order valence-corrected chi connectivity index (χ2v) is 4.45. The molecule has 0 heterocycles. The van der Waals surface area contributed by atoms with Crippen molar-refractivity contribution in [2.45, 2.75) is 6.10 Å². The van der Waals surface area contributed by atoms with Crippen molar-refractivity contribution >= 4 is 12.0 Å². The fourth-order valence-corrected chi connectivity index (χ4v) is 1.78. The molecule has 0 saturated carbocycles. The summed E-state index contributed by atoms with van der Waals surface area (Å²) in [6, 6.07) is 17.8. The molecule has 2 aromatic carbocycles. The Hall–Kier alpha value is -3.06. The number of nitriles is 1. The predicted molar refractivity (Wildman–Crippen MR) is 83.3 cm³/mol. The second-order valence-electron chi connectivity index (χ2n) is 4.45. The number of carbonyl (C=O) groups excluding carboxylic acids is 1. The summed E-state index contributed by atoms with van der Waals surface area (Å²) < 4.78 is 10.2. The van der Waals surface area contributed by atoms with Crippen molar-refractivity contribution in [3.05, 3.63) is 71.8 Å². The molecule has 0 spiro atoms. The third-order valence-corrected chi connectivity index (χ3v) is 2.95. The SMILES string of the molecule is COc1ccc(C=CC(C#N)OC(=O)c2ccccc2)cc1. The summed E-state index contributed by atoms with van der Waals surface area (Å²) in [5.41, 5.74) is 1.30. The molecule has 0 bridgehead atoms. The molecule has 0 aliphatic carbocycles. The Balaban J connectivity index is 2.01. The molecule has 0 radical (unpaired) electrons. The summed E-state index contributed by atoms with van der Waals surface area (Å²) in [5.74, 6) is 0.232. The molecule has 4 nitrogen and oxygen atoms in total. The first-order valence-electron chi connectivity index (χ1n) is 6.71. The van der Waals surface area contributed by atoms with Crippen LogP contribution in [0.25, 0.3) is 6.08 Å². The zero-order valence-corrected chi connectivity index (χ0v) is 12.1. The van der Waals surface area contributed by atoms with Crippen LogP contribution < -0.4 is 4.74 Å². The number of hydrogen-bond donors (Lipinski definition) is 0. The summed E-state index contributed by atoms with van der Waals surface area (Å²) in [6.07, 6.45) is 2.34. The van der Waals surface area contributed by atoms with Crippen molar-refractivity contribution < 1.29 is 14.3 Å². The minimum Gasteiger partial charge on any atom is -0.497 e. The summed E-state index contributed by atoms with van der Waals surface area (Å²) in [4.78, 5) is 11.9. The lowest BCUT2D eigenvalue weighted by molar-refractivity contribution is 0.0473. The van der Waals surface area contributed by atoms with Gasteiger partial charge in [-0.1, -0.05) is 36.4 Å². The number of rotatable bonds is 5. The van der Waals surface area contributed by atoms with Crippen LogP contribution in [0.3, 0.4) is 0 Å². The van der Waals surface area contributed by atoms with Gasteiger partial charge in [-0.05, 0) is 35.9 Å².